The molecule has 0 radical (unpaired) electrons. The minimum Gasteiger partial charge on any atom is -0.383 e. The Morgan fingerprint density at radius 1 is 1.32 bits per heavy atom. The molecule has 100 valence electrons. The van der Waals surface area contributed by atoms with E-state index >= 15 is 0 Å². The van der Waals surface area contributed by atoms with Crippen LogP contribution in [0.3, 0.4) is 0 Å². The monoisotopic (exact) mass is 267 g/mol. The second-order valence-electron chi connectivity index (χ2n) is 3.73. The van der Waals surface area contributed by atoms with E-state index in [4.69, 9.17) is 0 Å². The SMILES string of the molecule is CNc1c(F)cc(C(=O)Nc2ncnn2C)cc1F. The minimum atomic E-state index is -0.842. The third-order valence-electron chi connectivity index (χ3n) is 2.49. The molecule has 0 spiro atoms. The van der Waals surface area contributed by atoms with Gasteiger partial charge in [0.15, 0.2) is 0 Å². The average Bonchev–Trinajstić information content (AvgIpc) is 2.74. The molecule has 0 saturated heterocycles. The predicted molar refractivity (Wildman–Crippen MR) is 64.9 cm³/mol. The number of carbonyl (C=O) groups is 1. The Morgan fingerprint density at radius 2 is 1.95 bits per heavy atom. The fourth-order valence-electron chi connectivity index (χ4n) is 1.53. The minimum absolute atomic E-state index is 0.142. The number of nitrogens with one attached hydrogen (secondary N) is 2. The second kappa shape index (κ2) is 5.01. The number of nitrogens with zero attached hydrogens (tertiary/aromatic N) is 3. The molecule has 0 bridgehead atoms. The molecule has 0 aliphatic rings. The Morgan fingerprint density at radius 3 is 2.42 bits per heavy atom. The van der Waals surface area contributed by atoms with E-state index in [2.05, 4.69) is 20.7 Å². The van der Waals surface area contributed by atoms with Crippen molar-refractivity contribution in [3.05, 3.63) is 35.7 Å². The van der Waals surface area contributed by atoms with Gasteiger partial charge in [-0.15, -0.1) is 0 Å². The molecule has 0 saturated carbocycles. The van der Waals surface area contributed by atoms with E-state index in [-0.39, 0.29) is 17.2 Å². The Kier molecular flexibility index (Phi) is 3.41. The lowest BCUT2D eigenvalue weighted by Crippen LogP contribution is -2.16. The third-order valence-corrected chi connectivity index (χ3v) is 2.49. The Bertz CT molecular complexity index is 602. The molecule has 0 atom stereocenters. The predicted octanol–water partition coefficient (Wildman–Crippen LogP) is 1.39. The van der Waals surface area contributed by atoms with Crippen LogP contribution in [0, 0.1) is 11.6 Å². The van der Waals surface area contributed by atoms with E-state index in [0.29, 0.717) is 0 Å². The van der Waals surface area contributed by atoms with Gasteiger partial charge in [0.2, 0.25) is 5.95 Å². The van der Waals surface area contributed by atoms with Crippen LogP contribution in [-0.2, 0) is 7.05 Å². The van der Waals surface area contributed by atoms with Crippen molar-refractivity contribution in [3.63, 3.8) is 0 Å². The zero-order chi connectivity index (χ0) is 14.0. The first kappa shape index (κ1) is 12.9. The summed E-state index contributed by atoms with van der Waals surface area (Å²) >= 11 is 0. The van der Waals surface area contributed by atoms with Crippen LogP contribution >= 0.6 is 0 Å². The Hall–Kier alpha value is -2.51. The number of carbonyl (C=O) groups excluding carboxylic acids is 1. The van der Waals surface area contributed by atoms with Crippen LogP contribution in [0.2, 0.25) is 0 Å². The largest absolute Gasteiger partial charge is 0.383 e. The Labute approximate surface area is 107 Å². The van der Waals surface area contributed by atoms with Gasteiger partial charge in [0.05, 0.1) is 0 Å². The van der Waals surface area contributed by atoms with Gasteiger partial charge < -0.3 is 5.32 Å². The van der Waals surface area contributed by atoms with E-state index in [9.17, 15) is 13.6 Å². The average molecular weight is 267 g/mol. The van der Waals surface area contributed by atoms with Crippen LogP contribution in [0.4, 0.5) is 20.4 Å². The molecule has 19 heavy (non-hydrogen) atoms. The molecule has 1 heterocycles. The third kappa shape index (κ3) is 2.51. The lowest BCUT2D eigenvalue weighted by Gasteiger charge is -2.07. The molecule has 2 N–H and O–H groups in total. The van der Waals surface area contributed by atoms with E-state index in [1.54, 1.807) is 7.05 Å². The van der Waals surface area contributed by atoms with Crippen LogP contribution in [0.25, 0.3) is 0 Å². The fraction of sp³-hybridized carbons (Fsp3) is 0.182. The molecular weight excluding hydrogens is 256 g/mol. The number of hydrogen-bond donors (Lipinski definition) is 2. The summed E-state index contributed by atoms with van der Waals surface area (Å²) in [6, 6.07) is 1.89. The zero-order valence-corrected chi connectivity index (χ0v) is 10.2. The summed E-state index contributed by atoms with van der Waals surface area (Å²) in [4.78, 5) is 15.6. The van der Waals surface area contributed by atoms with Crippen molar-refractivity contribution in [1.29, 1.82) is 0 Å². The first-order valence-corrected chi connectivity index (χ1v) is 5.35. The summed E-state index contributed by atoms with van der Waals surface area (Å²) in [5, 5.41) is 8.53. The first-order chi connectivity index (χ1) is 9.02. The van der Waals surface area contributed by atoms with Crippen molar-refractivity contribution in [2.24, 2.45) is 7.05 Å². The maximum atomic E-state index is 13.5. The van der Waals surface area contributed by atoms with Gasteiger partial charge in [0.25, 0.3) is 5.91 Å². The molecule has 1 aromatic carbocycles. The molecule has 8 heteroatoms. The number of amides is 1. The molecule has 0 fully saturated rings. The summed E-state index contributed by atoms with van der Waals surface area (Å²) in [5.74, 6) is -2.17. The van der Waals surface area contributed by atoms with Gasteiger partial charge in [-0.1, -0.05) is 0 Å². The van der Waals surface area contributed by atoms with Crippen LogP contribution in [0.5, 0.6) is 0 Å². The van der Waals surface area contributed by atoms with Crippen LogP contribution in [0.1, 0.15) is 10.4 Å². The highest BCUT2D eigenvalue weighted by Crippen LogP contribution is 2.20. The fourth-order valence-corrected chi connectivity index (χ4v) is 1.53. The van der Waals surface area contributed by atoms with Gasteiger partial charge in [-0.3, -0.25) is 10.1 Å². The molecular formula is C11H11F2N5O. The molecule has 0 unspecified atom stereocenters. The smallest absolute Gasteiger partial charge is 0.258 e. The summed E-state index contributed by atoms with van der Waals surface area (Å²) < 4.78 is 28.4. The zero-order valence-electron chi connectivity index (χ0n) is 10.2. The van der Waals surface area contributed by atoms with E-state index in [1.165, 1.54) is 18.1 Å². The van der Waals surface area contributed by atoms with Gasteiger partial charge in [0.1, 0.15) is 23.6 Å². The van der Waals surface area contributed by atoms with Gasteiger partial charge in [-0.05, 0) is 12.1 Å². The molecule has 2 rings (SSSR count). The quantitative estimate of drug-likeness (QED) is 0.881. The number of anilines is 2. The van der Waals surface area contributed by atoms with Crippen molar-refractivity contribution in [1.82, 2.24) is 14.8 Å². The maximum absolute atomic E-state index is 13.5. The molecule has 0 aliphatic heterocycles. The highest BCUT2D eigenvalue weighted by molar-refractivity contribution is 6.03. The van der Waals surface area contributed by atoms with Crippen molar-refractivity contribution < 1.29 is 13.6 Å². The molecule has 1 aromatic heterocycles. The van der Waals surface area contributed by atoms with Gasteiger partial charge in [0, 0.05) is 19.7 Å². The van der Waals surface area contributed by atoms with Crippen molar-refractivity contribution >= 4 is 17.5 Å². The van der Waals surface area contributed by atoms with E-state index in [0.717, 1.165) is 12.1 Å². The number of hydrogen-bond acceptors (Lipinski definition) is 4. The first-order valence-electron chi connectivity index (χ1n) is 5.35. The number of aryl methyl sites for hydroxylation is 1. The van der Waals surface area contributed by atoms with Gasteiger partial charge in [-0.2, -0.15) is 10.1 Å². The molecule has 2 aromatic rings. The summed E-state index contributed by atoms with van der Waals surface area (Å²) in [5.41, 5.74) is -0.424. The highest BCUT2D eigenvalue weighted by atomic mass is 19.1. The molecule has 0 aliphatic carbocycles. The van der Waals surface area contributed by atoms with Crippen molar-refractivity contribution in [3.8, 4) is 0 Å². The topological polar surface area (TPSA) is 71.8 Å². The summed E-state index contributed by atoms with van der Waals surface area (Å²) in [6.45, 7) is 0. The lowest BCUT2D eigenvalue weighted by molar-refractivity contribution is 0.102. The maximum Gasteiger partial charge on any atom is 0.258 e. The van der Waals surface area contributed by atoms with Crippen molar-refractivity contribution in [2.75, 3.05) is 17.7 Å². The second-order valence-corrected chi connectivity index (χ2v) is 3.73. The van der Waals surface area contributed by atoms with Crippen LogP contribution in [-0.4, -0.2) is 27.7 Å². The number of halogens is 2. The summed E-state index contributed by atoms with van der Waals surface area (Å²) in [6.07, 6.45) is 1.25. The van der Waals surface area contributed by atoms with Gasteiger partial charge >= 0.3 is 0 Å². The number of benzene rings is 1. The number of rotatable bonds is 3. The van der Waals surface area contributed by atoms with Gasteiger partial charge in [-0.25, -0.2) is 13.5 Å². The van der Waals surface area contributed by atoms with Crippen LogP contribution in [0.15, 0.2) is 18.5 Å². The van der Waals surface area contributed by atoms with Crippen molar-refractivity contribution in [2.45, 2.75) is 0 Å². The Balaban J connectivity index is 2.27. The standard InChI is InChI=1S/C11H11F2N5O/c1-14-9-7(12)3-6(4-8(9)13)10(19)17-11-15-5-16-18(11)2/h3-5,14H,1-2H3,(H,15,16,17,19). The van der Waals surface area contributed by atoms with E-state index < -0.39 is 17.5 Å². The lowest BCUT2D eigenvalue weighted by atomic mass is 10.1. The highest BCUT2D eigenvalue weighted by Gasteiger charge is 2.15. The normalized spacial score (nSPS) is 10.3. The summed E-state index contributed by atoms with van der Waals surface area (Å²) in [7, 11) is 2.97. The molecule has 1 amide bonds. The molecule has 6 nitrogen and oxygen atoms in total. The van der Waals surface area contributed by atoms with E-state index in [1.807, 2.05) is 0 Å². The number of aromatic nitrogens is 3. The van der Waals surface area contributed by atoms with Crippen LogP contribution < -0.4 is 10.6 Å².